The van der Waals surface area contributed by atoms with Gasteiger partial charge in [0.05, 0.1) is 18.8 Å². The maximum absolute atomic E-state index is 13.7. The Hall–Kier alpha value is -1.98. The number of benzene rings is 2. The second-order valence-electron chi connectivity index (χ2n) is 9.08. The number of carbonyl (C=O) groups is 1. The molecule has 3 N–H and O–H groups in total. The maximum Gasteiger partial charge on any atom is 0.407 e. The molecule has 0 saturated carbocycles. The van der Waals surface area contributed by atoms with E-state index < -0.39 is 35.5 Å². The van der Waals surface area contributed by atoms with E-state index in [-0.39, 0.29) is 19.0 Å². The summed E-state index contributed by atoms with van der Waals surface area (Å²) < 4.78 is 39.5. The summed E-state index contributed by atoms with van der Waals surface area (Å²) in [6.07, 6.45) is -1.01. The molecule has 1 aliphatic heterocycles. The Morgan fingerprint density at radius 2 is 1.94 bits per heavy atom. The molecular formula is C24H29F2IN2O4. The van der Waals surface area contributed by atoms with Gasteiger partial charge in [-0.25, -0.2) is 13.6 Å². The SMILES string of the molecule is CC(C)(C)OC(=O)N[C@@H](Cc1cc(F)cc(F)c1)[C@H](O)CNC1CCOc2ccc(I)cc21. The van der Waals surface area contributed by atoms with Crippen LogP contribution in [0.25, 0.3) is 0 Å². The molecule has 0 aliphatic carbocycles. The number of nitrogens with one attached hydrogen (secondary N) is 2. The molecule has 0 bridgehead atoms. The Morgan fingerprint density at radius 1 is 1.24 bits per heavy atom. The third-order valence-electron chi connectivity index (χ3n) is 5.13. The minimum Gasteiger partial charge on any atom is -0.493 e. The lowest BCUT2D eigenvalue weighted by Crippen LogP contribution is -2.50. The van der Waals surface area contributed by atoms with Crippen LogP contribution in [0.1, 0.15) is 44.4 Å². The van der Waals surface area contributed by atoms with E-state index in [0.717, 1.165) is 27.4 Å². The summed E-state index contributed by atoms with van der Waals surface area (Å²) in [7, 11) is 0. The summed E-state index contributed by atoms with van der Waals surface area (Å²) in [5, 5.41) is 16.9. The van der Waals surface area contributed by atoms with E-state index in [1.807, 2.05) is 18.2 Å². The van der Waals surface area contributed by atoms with Crippen LogP contribution in [0.3, 0.4) is 0 Å². The van der Waals surface area contributed by atoms with Gasteiger partial charge in [-0.15, -0.1) is 0 Å². The van der Waals surface area contributed by atoms with Crippen molar-refractivity contribution in [1.82, 2.24) is 10.6 Å². The van der Waals surface area contributed by atoms with E-state index in [1.54, 1.807) is 20.8 Å². The van der Waals surface area contributed by atoms with E-state index >= 15 is 0 Å². The van der Waals surface area contributed by atoms with Crippen molar-refractivity contribution in [3.05, 3.63) is 62.7 Å². The normalized spacial score (nSPS) is 17.5. The summed E-state index contributed by atoms with van der Waals surface area (Å²) in [5.74, 6) is -0.642. The van der Waals surface area contributed by atoms with Crippen LogP contribution in [0, 0.1) is 15.2 Å². The molecule has 180 valence electrons. The fourth-order valence-corrected chi connectivity index (χ4v) is 4.22. The Morgan fingerprint density at radius 3 is 2.61 bits per heavy atom. The average Bonchev–Trinajstić information content (AvgIpc) is 2.69. The number of alkyl carbamates (subject to hydrolysis) is 1. The van der Waals surface area contributed by atoms with Crippen LogP contribution in [-0.2, 0) is 11.2 Å². The number of ether oxygens (including phenoxy) is 2. The highest BCUT2D eigenvalue weighted by Crippen LogP contribution is 2.33. The standard InChI is InChI=1S/C24H29F2IN2O4/c1-24(2,3)33-23(31)29-20(10-14-8-15(25)11-16(26)9-14)21(30)13-28-19-6-7-32-22-5-4-17(27)12-18(19)22/h4-5,8-9,11-12,19-21,28,30H,6-7,10,13H2,1-3H3,(H,29,31)/t19?,20-,21+/m0/s1. The molecule has 6 nitrogen and oxygen atoms in total. The summed E-state index contributed by atoms with van der Waals surface area (Å²) in [5.41, 5.74) is 0.592. The van der Waals surface area contributed by atoms with Crippen LogP contribution in [0.15, 0.2) is 36.4 Å². The molecule has 1 aliphatic rings. The minimum absolute atomic E-state index is 0.0268. The lowest BCUT2D eigenvalue weighted by molar-refractivity contribution is 0.0418. The van der Waals surface area contributed by atoms with Crippen LogP contribution < -0.4 is 15.4 Å². The molecule has 33 heavy (non-hydrogen) atoms. The lowest BCUT2D eigenvalue weighted by atomic mass is 9.98. The van der Waals surface area contributed by atoms with Gasteiger partial charge in [0.2, 0.25) is 0 Å². The van der Waals surface area contributed by atoms with Crippen molar-refractivity contribution < 1.29 is 28.2 Å². The molecule has 0 saturated heterocycles. The number of fused-ring (bicyclic) bond motifs is 1. The highest BCUT2D eigenvalue weighted by atomic mass is 127. The highest BCUT2D eigenvalue weighted by Gasteiger charge is 2.28. The van der Waals surface area contributed by atoms with Gasteiger partial charge in [-0.2, -0.15) is 0 Å². The number of halogens is 3. The molecule has 0 radical (unpaired) electrons. The lowest BCUT2D eigenvalue weighted by Gasteiger charge is -2.30. The molecule has 0 fully saturated rings. The van der Waals surface area contributed by atoms with Gasteiger partial charge in [-0.3, -0.25) is 0 Å². The Balaban J connectivity index is 1.72. The first kappa shape index (κ1) is 25.6. The monoisotopic (exact) mass is 574 g/mol. The zero-order valence-corrected chi connectivity index (χ0v) is 21.0. The summed E-state index contributed by atoms with van der Waals surface area (Å²) in [4.78, 5) is 12.4. The van der Waals surface area contributed by atoms with Crippen LogP contribution in [0.5, 0.6) is 5.75 Å². The van der Waals surface area contributed by atoms with Gasteiger partial charge in [0.25, 0.3) is 0 Å². The van der Waals surface area contributed by atoms with Gasteiger partial charge in [0.1, 0.15) is 23.0 Å². The fraction of sp³-hybridized carbons (Fsp3) is 0.458. The van der Waals surface area contributed by atoms with Gasteiger partial charge < -0.3 is 25.2 Å². The van der Waals surface area contributed by atoms with Crippen LogP contribution in [0.2, 0.25) is 0 Å². The zero-order chi connectivity index (χ0) is 24.2. The van der Waals surface area contributed by atoms with E-state index in [2.05, 4.69) is 33.2 Å². The highest BCUT2D eigenvalue weighted by molar-refractivity contribution is 14.1. The predicted molar refractivity (Wildman–Crippen MR) is 129 cm³/mol. The van der Waals surface area contributed by atoms with Gasteiger partial charge in [-0.05, 0) is 85.7 Å². The first-order valence-electron chi connectivity index (χ1n) is 10.8. The maximum atomic E-state index is 13.7. The number of rotatable bonds is 7. The molecule has 3 atom stereocenters. The second kappa shape index (κ2) is 11.0. The molecule has 0 spiro atoms. The first-order chi connectivity index (χ1) is 15.5. The average molecular weight is 574 g/mol. The molecule has 3 rings (SSSR count). The third-order valence-corrected chi connectivity index (χ3v) is 5.80. The number of hydrogen-bond acceptors (Lipinski definition) is 5. The van der Waals surface area contributed by atoms with E-state index in [9.17, 15) is 18.7 Å². The van der Waals surface area contributed by atoms with E-state index in [4.69, 9.17) is 9.47 Å². The van der Waals surface area contributed by atoms with Gasteiger partial charge in [0.15, 0.2) is 0 Å². The molecular weight excluding hydrogens is 545 g/mol. The number of aliphatic hydroxyl groups excluding tert-OH is 1. The van der Waals surface area contributed by atoms with Crippen molar-refractivity contribution >= 4 is 28.7 Å². The van der Waals surface area contributed by atoms with Gasteiger partial charge in [0, 0.05) is 34.2 Å². The number of hydrogen-bond donors (Lipinski definition) is 3. The fourth-order valence-electron chi connectivity index (χ4n) is 3.71. The van der Waals surface area contributed by atoms with Crippen molar-refractivity contribution in [1.29, 1.82) is 0 Å². The molecule has 0 aromatic heterocycles. The summed E-state index contributed by atoms with van der Waals surface area (Å²) in [6.45, 7) is 5.87. The quantitative estimate of drug-likeness (QED) is 0.426. The number of amides is 1. The molecule has 1 heterocycles. The van der Waals surface area contributed by atoms with Crippen LogP contribution in [-0.4, -0.2) is 42.1 Å². The summed E-state index contributed by atoms with van der Waals surface area (Å²) >= 11 is 2.23. The number of carbonyl (C=O) groups excluding carboxylic acids is 1. The van der Waals surface area contributed by atoms with Crippen molar-refractivity contribution in [3.63, 3.8) is 0 Å². The molecule has 1 unspecified atom stereocenters. The topological polar surface area (TPSA) is 79.8 Å². The first-order valence-corrected chi connectivity index (χ1v) is 11.9. The molecule has 2 aromatic rings. The predicted octanol–water partition coefficient (Wildman–Crippen LogP) is 4.48. The van der Waals surface area contributed by atoms with Crippen molar-refractivity contribution in [2.45, 2.75) is 57.4 Å². The Labute approximate surface area is 206 Å². The third kappa shape index (κ3) is 7.79. The Bertz CT molecular complexity index is 963. The largest absolute Gasteiger partial charge is 0.493 e. The molecule has 2 aromatic carbocycles. The molecule has 9 heteroatoms. The minimum atomic E-state index is -1.04. The smallest absolute Gasteiger partial charge is 0.407 e. The van der Waals surface area contributed by atoms with Crippen molar-refractivity contribution in [2.24, 2.45) is 0 Å². The van der Waals surface area contributed by atoms with Crippen molar-refractivity contribution in [2.75, 3.05) is 13.2 Å². The van der Waals surface area contributed by atoms with Crippen LogP contribution >= 0.6 is 22.6 Å². The van der Waals surface area contributed by atoms with Gasteiger partial charge in [-0.1, -0.05) is 0 Å². The zero-order valence-electron chi connectivity index (χ0n) is 18.8. The van der Waals surface area contributed by atoms with Crippen molar-refractivity contribution in [3.8, 4) is 5.75 Å². The Kier molecular flexibility index (Phi) is 8.52. The van der Waals surface area contributed by atoms with Gasteiger partial charge >= 0.3 is 6.09 Å². The van der Waals surface area contributed by atoms with Crippen LogP contribution in [0.4, 0.5) is 13.6 Å². The second-order valence-corrected chi connectivity index (χ2v) is 10.3. The van der Waals surface area contributed by atoms with E-state index in [0.29, 0.717) is 12.2 Å². The molecule has 1 amide bonds. The number of aliphatic hydroxyl groups is 1. The van der Waals surface area contributed by atoms with E-state index in [1.165, 1.54) is 12.1 Å². The summed E-state index contributed by atoms with van der Waals surface area (Å²) in [6, 6.07) is 8.21.